The Bertz CT molecular complexity index is 480. The summed E-state index contributed by atoms with van der Waals surface area (Å²) in [5.41, 5.74) is 0.509. The Morgan fingerprint density at radius 2 is 1.88 bits per heavy atom. The van der Waals surface area contributed by atoms with Gasteiger partial charge in [-0.15, -0.1) is 0 Å². The standard InChI is InChI=1S/C9H10F3NO2S/c1-6(13)7-3-2-4-8(5-7)16(14,15)9(10,11)12/h2-6H,13H2,1H3/t6-/m0/s1. The van der Waals surface area contributed by atoms with Crippen LogP contribution in [0.4, 0.5) is 13.2 Å². The molecular formula is C9H10F3NO2S. The van der Waals surface area contributed by atoms with Crippen molar-refractivity contribution >= 4 is 9.84 Å². The number of hydrogen-bond acceptors (Lipinski definition) is 3. The molecule has 0 aliphatic heterocycles. The molecule has 0 bridgehead atoms. The van der Waals surface area contributed by atoms with Crippen molar-refractivity contribution in [2.75, 3.05) is 0 Å². The molecule has 1 aromatic carbocycles. The summed E-state index contributed by atoms with van der Waals surface area (Å²) in [7, 11) is -5.29. The average Bonchev–Trinajstić information content (AvgIpc) is 2.16. The minimum absolute atomic E-state index is 0.338. The largest absolute Gasteiger partial charge is 0.501 e. The van der Waals surface area contributed by atoms with Gasteiger partial charge in [0, 0.05) is 6.04 Å². The molecule has 0 heterocycles. The molecule has 2 N–H and O–H groups in total. The van der Waals surface area contributed by atoms with Gasteiger partial charge in [-0.3, -0.25) is 0 Å². The quantitative estimate of drug-likeness (QED) is 0.876. The van der Waals surface area contributed by atoms with E-state index in [9.17, 15) is 21.6 Å². The highest BCUT2D eigenvalue weighted by molar-refractivity contribution is 7.92. The van der Waals surface area contributed by atoms with Crippen LogP contribution in [0.15, 0.2) is 29.2 Å². The maximum absolute atomic E-state index is 12.2. The molecule has 1 aromatic rings. The van der Waals surface area contributed by atoms with Crippen molar-refractivity contribution < 1.29 is 21.6 Å². The van der Waals surface area contributed by atoms with E-state index < -0.39 is 26.3 Å². The molecule has 0 spiro atoms. The van der Waals surface area contributed by atoms with Gasteiger partial charge in [0.25, 0.3) is 9.84 Å². The molecular weight excluding hydrogens is 243 g/mol. The fourth-order valence-corrected chi connectivity index (χ4v) is 1.91. The number of benzene rings is 1. The Balaban J connectivity index is 3.31. The van der Waals surface area contributed by atoms with Crippen LogP contribution < -0.4 is 5.73 Å². The van der Waals surface area contributed by atoms with E-state index in [1.54, 1.807) is 6.92 Å². The van der Waals surface area contributed by atoms with Crippen molar-refractivity contribution in [1.82, 2.24) is 0 Å². The molecule has 0 unspecified atom stereocenters. The summed E-state index contributed by atoms with van der Waals surface area (Å²) in [6, 6.07) is 4.02. The molecule has 90 valence electrons. The van der Waals surface area contributed by atoms with Gasteiger partial charge in [0.1, 0.15) is 0 Å². The van der Waals surface area contributed by atoms with Crippen LogP contribution in [0.2, 0.25) is 0 Å². The van der Waals surface area contributed by atoms with Crippen LogP contribution in [0.5, 0.6) is 0 Å². The highest BCUT2D eigenvalue weighted by Gasteiger charge is 2.46. The molecule has 0 aromatic heterocycles. The van der Waals surface area contributed by atoms with Gasteiger partial charge in [-0.25, -0.2) is 8.42 Å². The smallest absolute Gasteiger partial charge is 0.324 e. The SMILES string of the molecule is C[C@H](N)c1cccc(S(=O)(=O)C(F)(F)F)c1. The first-order chi connectivity index (χ1) is 7.16. The van der Waals surface area contributed by atoms with E-state index in [0.717, 1.165) is 12.1 Å². The Morgan fingerprint density at radius 3 is 2.31 bits per heavy atom. The van der Waals surface area contributed by atoms with Gasteiger partial charge in [0.15, 0.2) is 0 Å². The summed E-state index contributed by atoms with van der Waals surface area (Å²) >= 11 is 0. The molecule has 0 aliphatic carbocycles. The van der Waals surface area contributed by atoms with Gasteiger partial charge in [0.05, 0.1) is 4.90 Å². The van der Waals surface area contributed by atoms with Crippen LogP contribution in [0.1, 0.15) is 18.5 Å². The highest BCUT2D eigenvalue weighted by atomic mass is 32.2. The third kappa shape index (κ3) is 2.35. The zero-order chi connectivity index (χ0) is 12.6. The molecule has 0 aliphatic rings. The summed E-state index contributed by atoms with van der Waals surface area (Å²) in [4.78, 5) is -0.783. The molecule has 0 saturated heterocycles. The highest BCUT2D eigenvalue weighted by Crippen LogP contribution is 2.30. The van der Waals surface area contributed by atoms with E-state index in [-0.39, 0.29) is 0 Å². The fraction of sp³-hybridized carbons (Fsp3) is 0.333. The lowest BCUT2D eigenvalue weighted by molar-refractivity contribution is -0.0436. The van der Waals surface area contributed by atoms with Crippen molar-refractivity contribution in [3.05, 3.63) is 29.8 Å². The zero-order valence-electron chi connectivity index (χ0n) is 8.32. The first-order valence-electron chi connectivity index (χ1n) is 4.33. The average molecular weight is 253 g/mol. The third-order valence-electron chi connectivity index (χ3n) is 2.00. The van der Waals surface area contributed by atoms with Gasteiger partial charge >= 0.3 is 5.51 Å². The summed E-state index contributed by atoms with van der Waals surface area (Å²) in [5.74, 6) is 0. The fourth-order valence-electron chi connectivity index (χ4n) is 1.10. The second kappa shape index (κ2) is 4.06. The van der Waals surface area contributed by atoms with Gasteiger partial charge in [-0.2, -0.15) is 13.2 Å². The van der Waals surface area contributed by atoms with Crippen LogP contribution in [-0.2, 0) is 9.84 Å². The maximum Gasteiger partial charge on any atom is 0.501 e. The van der Waals surface area contributed by atoms with Crippen molar-refractivity contribution in [1.29, 1.82) is 0 Å². The topological polar surface area (TPSA) is 60.2 Å². The Labute approximate surface area is 91.0 Å². The van der Waals surface area contributed by atoms with E-state index in [4.69, 9.17) is 5.73 Å². The predicted molar refractivity (Wildman–Crippen MR) is 52.3 cm³/mol. The van der Waals surface area contributed by atoms with Crippen LogP contribution in [0.25, 0.3) is 0 Å². The number of rotatable bonds is 2. The number of halogens is 3. The van der Waals surface area contributed by atoms with Crippen LogP contribution in [0.3, 0.4) is 0 Å². The predicted octanol–water partition coefficient (Wildman–Crippen LogP) is 2.00. The van der Waals surface area contributed by atoms with E-state index >= 15 is 0 Å². The minimum atomic E-state index is -5.29. The van der Waals surface area contributed by atoms with E-state index in [2.05, 4.69) is 0 Å². The van der Waals surface area contributed by atoms with Crippen LogP contribution >= 0.6 is 0 Å². The Morgan fingerprint density at radius 1 is 1.31 bits per heavy atom. The lowest BCUT2D eigenvalue weighted by Gasteiger charge is -2.10. The van der Waals surface area contributed by atoms with Crippen LogP contribution in [-0.4, -0.2) is 13.9 Å². The van der Waals surface area contributed by atoms with Crippen molar-refractivity contribution in [2.45, 2.75) is 23.4 Å². The van der Waals surface area contributed by atoms with Gasteiger partial charge in [-0.1, -0.05) is 12.1 Å². The van der Waals surface area contributed by atoms with E-state index in [1.807, 2.05) is 0 Å². The molecule has 0 radical (unpaired) electrons. The first kappa shape index (κ1) is 13.0. The van der Waals surface area contributed by atoms with E-state index in [0.29, 0.717) is 5.56 Å². The molecule has 1 rings (SSSR count). The molecule has 7 heteroatoms. The number of sulfone groups is 1. The molecule has 1 atom stereocenters. The van der Waals surface area contributed by atoms with Crippen molar-refractivity contribution in [2.24, 2.45) is 5.73 Å². The summed E-state index contributed by atoms with van der Waals surface area (Å²) in [6.07, 6.45) is 0. The monoisotopic (exact) mass is 253 g/mol. The van der Waals surface area contributed by atoms with Crippen molar-refractivity contribution in [3.63, 3.8) is 0 Å². The number of hydrogen-bond donors (Lipinski definition) is 1. The second-order valence-corrected chi connectivity index (χ2v) is 5.25. The molecule has 16 heavy (non-hydrogen) atoms. The summed E-state index contributed by atoms with van der Waals surface area (Å²) < 4.78 is 58.8. The lowest BCUT2D eigenvalue weighted by Crippen LogP contribution is -2.23. The second-order valence-electron chi connectivity index (χ2n) is 3.31. The number of nitrogens with two attached hydrogens (primary N) is 1. The minimum Gasteiger partial charge on any atom is -0.324 e. The molecule has 0 fully saturated rings. The Hall–Kier alpha value is -1.08. The van der Waals surface area contributed by atoms with Crippen molar-refractivity contribution in [3.8, 4) is 0 Å². The Kier molecular flexibility index (Phi) is 3.30. The maximum atomic E-state index is 12.2. The molecule has 0 saturated carbocycles. The summed E-state index contributed by atoms with van der Waals surface area (Å²) in [6.45, 7) is 1.55. The summed E-state index contributed by atoms with van der Waals surface area (Å²) in [5, 5.41) is 0. The molecule has 0 amide bonds. The van der Waals surface area contributed by atoms with E-state index in [1.165, 1.54) is 12.1 Å². The van der Waals surface area contributed by atoms with Crippen LogP contribution in [0, 0.1) is 0 Å². The normalized spacial score (nSPS) is 14.8. The lowest BCUT2D eigenvalue weighted by atomic mass is 10.1. The molecule has 3 nitrogen and oxygen atoms in total. The third-order valence-corrected chi connectivity index (χ3v) is 3.48. The van der Waals surface area contributed by atoms with Gasteiger partial charge in [-0.05, 0) is 24.6 Å². The zero-order valence-corrected chi connectivity index (χ0v) is 9.14. The first-order valence-corrected chi connectivity index (χ1v) is 5.81. The number of alkyl halides is 3. The van der Waals surface area contributed by atoms with Gasteiger partial charge < -0.3 is 5.73 Å². The van der Waals surface area contributed by atoms with Gasteiger partial charge in [0.2, 0.25) is 0 Å².